The second kappa shape index (κ2) is 5.37. The molecule has 2 heterocycles. The highest BCUT2D eigenvalue weighted by Crippen LogP contribution is 2.22. The number of thiazole rings is 1. The van der Waals surface area contributed by atoms with Crippen LogP contribution in [0.1, 0.15) is 24.8 Å². The van der Waals surface area contributed by atoms with Gasteiger partial charge in [-0.2, -0.15) is 0 Å². The van der Waals surface area contributed by atoms with Crippen molar-refractivity contribution >= 4 is 21.6 Å². The van der Waals surface area contributed by atoms with Crippen LogP contribution in [0.3, 0.4) is 0 Å². The van der Waals surface area contributed by atoms with Gasteiger partial charge in [-0.1, -0.05) is 19.1 Å². The van der Waals surface area contributed by atoms with Crippen molar-refractivity contribution in [1.29, 1.82) is 0 Å². The molecule has 1 aliphatic rings. The molecule has 18 heavy (non-hydrogen) atoms. The zero-order chi connectivity index (χ0) is 12.4. The number of rotatable bonds is 3. The van der Waals surface area contributed by atoms with Crippen molar-refractivity contribution < 1.29 is 0 Å². The van der Waals surface area contributed by atoms with Gasteiger partial charge in [0.1, 0.15) is 0 Å². The molecule has 0 N–H and O–H groups in total. The zero-order valence-electron chi connectivity index (χ0n) is 10.9. The molecule has 1 aliphatic heterocycles. The number of aromatic nitrogens is 1. The number of para-hydroxylation sites is 1. The fraction of sp³-hybridized carbons (Fsp3) is 0.533. The summed E-state index contributed by atoms with van der Waals surface area (Å²) in [6.45, 7) is 6.08. The van der Waals surface area contributed by atoms with Crippen LogP contribution in [0.15, 0.2) is 24.3 Å². The summed E-state index contributed by atoms with van der Waals surface area (Å²) in [5, 5.41) is 1.29. The molecule has 2 nitrogen and oxygen atoms in total. The van der Waals surface area contributed by atoms with Gasteiger partial charge in [-0.15, -0.1) is 11.3 Å². The molecule has 96 valence electrons. The van der Waals surface area contributed by atoms with Gasteiger partial charge in [0, 0.05) is 13.0 Å². The molecule has 1 saturated heterocycles. The summed E-state index contributed by atoms with van der Waals surface area (Å²) < 4.78 is 1.32. The second-order valence-electron chi connectivity index (χ2n) is 5.35. The lowest BCUT2D eigenvalue weighted by atomic mass is 9.99. The Kier molecular flexibility index (Phi) is 3.62. The average Bonchev–Trinajstić information content (AvgIpc) is 2.81. The monoisotopic (exact) mass is 260 g/mol. The van der Waals surface area contributed by atoms with Crippen molar-refractivity contribution in [3.63, 3.8) is 0 Å². The smallest absolute Gasteiger partial charge is 0.0951 e. The van der Waals surface area contributed by atoms with Crippen molar-refractivity contribution in [3.8, 4) is 0 Å². The molecule has 0 atom stereocenters. The predicted octanol–water partition coefficient (Wildman–Crippen LogP) is 3.57. The fourth-order valence-corrected chi connectivity index (χ4v) is 3.52. The van der Waals surface area contributed by atoms with Gasteiger partial charge in [0.25, 0.3) is 0 Å². The maximum atomic E-state index is 4.70. The summed E-state index contributed by atoms with van der Waals surface area (Å²) in [5.74, 6) is 0.920. The van der Waals surface area contributed by atoms with Crippen LogP contribution < -0.4 is 0 Å². The van der Waals surface area contributed by atoms with Crippen LogP contribution in [-0.2, 0) is 6.42 Å². The van der Waals surface area contributed by atoms with E-state index in [2.05, 4.69) is 36.1 Å². The highest BCUT2D eigenvalue weighted by atomic mass is 32.1. The Bertz CT molecular complexity index is 479. The molecule has 0 amide bonds. The molecule has 3 heteroatoms. The molecule has 1 fully saturated rings. The normalized spacial score (nSPS) is 18.5. The summed E-state index contributed by atoms with van der Waals surface area (Å²) in [6.07, 6.45) is 3.83. The van der Waals surface area contributed by atoms with Gasteiger partial charge in [-0.05, 0) is 44.0 Å². The highest BCUT2D eigenvalue weighted by molar-refractivity contribution is 7.18. The third kappa shape index (κ3) is 2.73. The summed E-state index contributed by atoms with van der Waals surface area (Å²) in [4.78, 5) is 7.29. The molecule has 1 aromatic carbocycles. The van der Waals surface area contributed by atoms with E-state index in [4.69, 9.17) is 4.98 Å². The van der Waals surface area contributed by atoms with Gasteiger partial charge < -0.3 is 4.90 Å². The highest BCUT2D eigenvalue weighted by Gasteiger charge is 2.15. The number of hydrogen-bond acceptors (Lipinski definition) is 3. The molecule has 3 rings (SSSR count). The first-order chi connectivity index (χ1) is 8.81. The van der Waals surface area contributed by atoms with Crippen LogP contribution in [0.2, 0.25) is 0 Å². The first-order valence-corrected chi connectivity index (χ1v) is 7.70. The summed E-state index contributed by atoms with van der Waals surface area (Å²) in [5.41, 5.74) is 1.16. The maximum Gasteiger partial charge on any atom is 0.0951 e. The Balaban J connectivity index is 1.59. The molecule has 1 aromatic heterocycles. The minimum absolute atomic E-state index is 0.920. The molecule has 0 aliphatic carbocycles. The second-order valence-corrected chi connectivity index (χ2v) is 6.46. The van der Waals surface area contributed by atoms with E-state index in [1.165, 1.54) is 42.2 Å². The first-order valence-electron chi connectivity index (χ1n) is 6.88. The molecule has 0 bridgehead atoms. The Morgan fingerprint density at radius 3 is 2.83 bits per heavy atom. The van der Waals surface area contributed by atoms with E-state index in [1.54, 1.807) is 0 Å². The Morgan fingerprint density at radius 2 is 2.06 bits per heavy atom. The van der Waals surface area contributed by atoms with E-state index in [1.807, 2.05) is 11.3 Å². The summed E-state index contributed by atoms with van der Waals surface area (Å²) in [6, 6.07) is 8.44. The summed E-state index contributed by atoms with van der Waals surface area (Å²) >= 11 is 1.85. The number of likely N-dealkylation sites (tertiary alicyclic amines) is 1. The number of benzene rings is 1. The first kappa shape index (κ1) is 12.1. The molecule has 0 saturated carbocycles. The van der Waals surface area contributed by atoms with Crippen molar-refractivity contribution in [3.05, 3.63) is 29.3 Å². The van der Waals surface area contributed by atoms with Gasteiger partial charge in [0.2, 0.25) is 0 Å². The summed E-state index contributed by atoms with van der Waals surface area (Å²) in [7, 11) is 0. The van der Waals surface area contributed by atoms with Crippen molar-refractivity contribution in [2.75, 3.05) is 19.6 Å². The third-order valence-corrected chi connectivity index (χ3v) is 4.95. The Morgan fingerprint density at radius 1 is 1.28 bits per heavy atom. The average molecular weight is 260 g/mol. The molecular formula is C15H20N2S. The fourth-order valence-electron chi connectivity index (χ4n) is 2.57. The van der Waals surface area contributed by atoms with Crippen molar-refractivity contribution in [2.45, 2.75) is 26.2 Å². The maximum absolute atomic E-state index is 4.70. The van der Waals surface area contributed by atoms with E-state index in [9.17, 15) is 0 Å². The van der Waals surface area contributed by atoms with Gasteiger partial charge in [-0.25, -0.2) is 4.98 Å². The molecule has 0 radical (unpaired) electrons. The van der Waals surface area contributed by atoms with Gasteiger partial charge in [-0.3, -0.25) is 0 Å². The standard InChI is InChI=1S/C15H20N2S/c1-12-6-9-17(10-7-12)11-8-15-16-13-4-2-3-5-14(13)18-15/h2-5,12H,6-11H2,1H3. The van der Waals surface area contributed by atoms with E-state index < -0.39 is 0 Å². The van der Waals surface area contributed by atoms with Gasteiger partial charge >= 0.3 is 0 Å². The number of piperidine rings is 1. The van der Waals surface area contributed by atoms with Crippen LogP contribution in [0.5, 0.6) is 0 Å². The topological polar surface area (TPSA) is 16.1 Å². The minimum Gasteiger partial charge on any atom is -0.303 e. The largest absolute Gasteiger partial charge is 0.303 e. The third-order valence-electron chi connectivity index (χ3n) is 3.86. The molecule has 0 unspecified atom stereocenters. The van der Waals surface area contributed by atoms with Gasteiger partial charge in [0.05, 0.1) is 15.2 Å². The number of nitrogens with zero attached hydrogens (tertiary/aromatic N) is 2. The minimum atomic E-state index is 0.920. The lowest BCUT2D eigenvalue weighted by molar-refractivity contribution is 0.194. The van der Waals surface area contributed by atoms with Crippen molar-refractivity contribution in [2.24, 2.45) is 5.92 Å². The number of fused-ring (bicyclic) bond motifs is 1. The Labute approximate surface area is 113 Å². The molecule has 0 spiro atoms. The lowest BCUT2D eigenvalue weighted by Gasteiger charge is -2.29. The van der Waals surface area contributed by atoms with Crippen LogP contribution in [-0.4, -0.2) is 29.5 Å². The van der Waals surface area contributed by atoms with Crippen molar-refractivity contribution in [1.82, 2.24) is 9.88 Å². The zero-order valence-corrected chi connectivity index (χ0v) is 11.7. The number of hydrogen-bond donors (Lipinski definition) is 0. The predicted molar refractivity (Wildman–Crippen MR) is 78.2 cm³/mol. The van der Waals surface area contributed by atoms with Gasteiger partial charge in [0.15, 0.2) is 0 Å². The van der Waals surface area contributed by atoms with E-state index >= 15 is 0 Å². The van der Waals surface area contributed by atoms with E-state index in [-0.39, 0.29) is 0 Å². The lowest BCUT2D eigenvalue weighted by Crippen LogP contribution is -2.34. The quantitative estimate of drug-likeness (QED) is 0.838. The Hall–Kier alpha value is -0.930. The van der Waals surface area contributed by atoms with Crippen LogP contribution in [0.4, 0.5) is 0 Å². The molecule has 2 aromatic rings. The van der Waals surface area contributed by atoms with Crippen LogP contribution in [0.25, 0.3) is 10.2 Å². The van der Waals surface area contributed by atoms with Crippen LogP contribution >= 0.6 is 11.3 Å². The van der Waals surface area contributed by atoms with E-state index in [0.29, 0.717) is 0 Å². The molecular weight excluding hydrogens is 240 g/mol. The SMILES string of the molecule is CC1CCN(CCc2nc3ccccc3s2)CC1. The van der Waals surface area contributed by atoms with Crippen LogP contribution in [0, 0.1) is 5.92 Å². The van der Waals surface area contributed by atoms with E-state index in [0.717, 1.165) is 17.9 Å².